The molecule has 1 aromatic heterocycles. The zero-order chi connectivity index (χ0) is 34.2. The van der Waals surface area contributed by atoms with E-state index in [4.69, 9.17) is 33.5 Å². The number of aromatic nitrogens is 2. The number of nitrogens with zero attached hydrogens (tertiary/aromatic N) is 2. The lowest BCUT2D eigenvalue weighted by Gasteiger charge is -2.39. The third-order valence-electron chi connectivity index (χ3n) is 8.13. The number of aliphatic hydroxyl groups excluding tert-OH is 4. The van der Waals surface area contributed by atoms with E-state index in [9.17, 15) is 20.4 Å². The molecule has 0 saturated carbocycles. The first-order chi connectivity index (χ1) is 23.2. The van der Waals surface area contributed by atoms with E-state index in [0.717, 1.165) is 22.4 Å². The van der Waals surface area contributed by atoms with Crippen LogP contribution in [0.2, 0.25) is 0 Å². The van der Waals surface area contributed by atoms with E-state index in [-0.39, 0.29) is 11.9 Å². The summed E-state index contributed by atoms with van der Waals surface area (Å²) in [6, 6.07) is 22.9. The van der Waals surface area contributed by atoms with Gasteiger partial charge in [-0.1, -0.05) is 36.4 Å². The highest BCUT2D eigenvalue weighted by atomic mass is 16.7. The maximum atomic E-state index is 10.8. The molecule has 4 aromatic rings. The highest BCUT2D eigenvalue weighted by molar-refractivity contribution is 5.68. The number of benzene rings is 3. The molecule has 5 rings (SSSR count). The zero-order valence-corrected chi connectivity index (χ0v) is 27.6. The minimum absolute atomic E-state index is 0.102. The molecule has 0 radical (unpaired) electrons. The summed E-state index contributed by atoms with van der Waals surface area (Å²) in [6.45, 7) is 4.66. The molecule has 0 aliphatic carbocycles. The van der Waals surface area contributed by atoms with Crippen LogP contribution in [0, 0.1) is 0 Å². The summed E-state index contributed by atoms with van der Waals surface area (Å²) in [6.07, 6.45) is -6.99. The van der Waals surface area contributed by atoms with Crippen molar-refractivity contribution in [3.8, 4) is 34.4 Å². The van der Waals surface area contributed by atoms with E-state index in [1.165, 1.54) is 0 Å². The second-order valence-electron chi connectivity index (χ2n) is 11.8. The number of aliphatic hydroxyl groups is 4. The molecular weight excluding hydrogens is 620 g/mol. The van der Waals surface area contributed by atoms with Crippen molar-refractivity contribution in [1.29, 1.82) is 0 Å². The molecule has 1 fully saturated rings. The van der Waals surface area contributed by atoms with Gasteiger partial charge in [0, 0.05) is 29.7 Å². The molecule has 0 unspecified atom stereocenters. The van der Waals surface area contributed by atoms with Gasteiger partial charge in [-0.15, -0.1) is 5.10 Å². The summed E-state index contributed by atoms with van der Waals surface area (Å²) in [5, 5.41) is 46.0. The fourth-order valence-corrected chi connectivity index (χ4v) is 5.54. The Balaban J connectivity index is 1.43. The van der Waals surface area contributed by atoms with Crippen molar-refractivity contribution < 1.29 is 48.8 Å². The van der Waals surface area contributed by atoms with Crippen molar-refractivity contribution in [2.45, 2.75) is 63.6 Å². The molecule has 1 aliphatic rings. The topological polar surface area (TPSA) is 154 Å². The van der Waals surface area contributed by atoms with E-state index in [1.54, 1.807) is 14.2 Å². The Kier molecular flexibility index (Phi) is 11.9. The number of hydrogen-bond donors (Lipinski definition) is 4. The summed E-state index contributed by atoms with van der Waals surface area (Å²) >= 11 is 0. The highest BCUT2D eigenvalue weighted by Gasteiger charge is 2.45. The van der Waals surface area contributed by atoms with Crippen molar-refractivity contribution in [3.63, 3.8) is 0 Å². The van der Waals surface area contributed by atoms with Crippen LogP contribution in [0.15, 0.2) is 72.8 Å². The van der Waals surface area contributed by atoms with Gasteiger partial charge in [-0.05, 0) is 55.3 Å². The number of methoxy groups -OCH3 is 2. The van der Waals surface area contributed by atoms with Crippen LogP contribution >= 0.6 is 0 Å². The SMILES string of the molecule is COc1ccc(-c2c(Cc3ccc(OCCOCc4ccccc4)cc3OC)c(O[C@@H]3O[C@H](CO)[C@@H](O)[C@H](O)[C@H]3O)nn2C(C)C)cc1. The molecule has 0 amide bonds. The summed E-state index contributed by atoms with van der Waals surface area (Å²) < 4.78 is 36.5. The maximum absolute atomic E-state index is 10.8. The molecule has 2 heterocycles. The average Bonchev–Trinajstić information content (AvgIpc) is 3.46. The lowest BCUT2D eigenvalue weighted by molar-refractivity contribution is -0.278. The Bertz CT molecular complexity index is 1590. The van der Waals surface area contributed by atoms with Gasteiger partial charge in [0.05, 0.1) is 39.7 Å². The van der Waals surface area contributed by atoms with Crippen LogP contribution in [0.4, 0.5) is 0 Å². The summed E-state index contributed by atoms with van der Waals surface area (Å²) in [5.41, 5.74) is 4.15. The lowest BCUT2D eigenvalue weighted by atomic mass is 9.98. The molecule has 4 N–H and O–H groups in total. The zero-order valence-electron chi connectivity index (χ0n) is 27.6. The van der Waals surface area contributed by atoms with Crippen LogP contribution in [0.3, 0.4) is 0 Å². The maximum Gasteiger partial charge on any atom is 0.239 e. The Hall–Kier alpha value is -4.17. The van der Waals surface area contributed by atoms with Gasteiger partial charge in [0.2, 0.25) is 12.2 Å². The second kappa shape index (κ2) is 16.3. The van der Waals surface area contributed by atoms with Gasteiger partial charge < -0.3 is 48.8 Å². The third-order valence-corrected chi connectivity index (χ3v) is 8.13. The van der Waals surface area contributed by atoms with Crippen LogP contribution < -0.4 is 18.9 Å². The second-order valence-corrected chi connectivity index (χ2v) is 11.8. The molecule has 12 nitrogen and oxygen atoms in total. The molecule has 0 spiro atoms. The third kappa shape index (κ3) is 8.09. The standard InChI is InChI=1S/C36H44N2O10/c1-22(2)38-31(24-10-13-26(43-3)14-11-24)28(35(37-38)48-36-34(42)33(41)32(40)30(20-39)47-36)18-25-12-15-27(19-29(25)44-4)46-17-16-45-21-23-8-6-5-7-9-23/h5-15,19,22,30,32-34,36,39-42H,16-18,20-21H2,1-4H3/t30-,32-,33+,34-,36+/m1/s1. The number of rotatable bonds is 15. The van der Waals surface area contributed by atoms with Crippen molar-refractivity contribution in [3.05, 3.63) is 89.5 Å². The molecule has 258 valence electrons. The van der Waals surface area contributed by atoms with Gasteiger partial charge in [0.1, 0.15) is 48.3 Å². The summed E-state index contributed by atoms with van der Waals surface area (Å²) in [7, 11) is 3.18. The van der Waals surface area contributed by atoms with E-state index >= 15 is 0 Å². The Labute approximate surface area is 280 Å². The molecule has 1 aliphatic heterocycles. The van der Waals surface area contributed by atoms with E-state index < -0.39 is 37.3 Å². The average molecular weight is 665 g/mol. The fraction of sp³-hybridized carbons (Fsp3) is 0.417. The van der Waals surface area contributed by atoms with Crippen molar-refractivity contribution in [1.82, 2.24) is 9.78 Å². The molecule has 1 saturated heterocycles. The van der Waals surface area contributed by atoms with E-state index in [1.807, 2.05) is 91.3 Å². The molecule has 0 bridgehead atoms. The highest BCUT2D eigenvalue weighted by Crippen LogP contribution is 2.39. The molecule has 48 heavy (non-hydrogen) atoms. The minimum atomic E-state index is -1.60. The number of ether oxygens (including phenoxy) is 6. The predicted octanol–water partition coefficient (Wildman–Crippen LogP) is 3.51. The van der Waals surface area contributed by atoms with Crippen molar-refractivity contribution in [2.24, 2.45) is 0 Å². The Morgan fingerprint density at radius 1 is 0.854 bits per heavy atom. The van der Waals surface area contributed by atoms with Gasteiger partial charge in [-0.3, -0.25) is 4.68 Å². The van der Waals surface area contributed by atoms with Crippen LogP contribution in [-0.4, -0.2) is 95.0 Å². The fourth-order valence-electron chi connectivity index (χ4n) is 5.54. The molecule has 5 atom stereocenters. The smallest absolute Gasteiger partial charge is 0.239 e. The Morgan fingerprint density at radius 3 is 2.25 bits per heavy atom. The number of hydrogen-bond acceptors (Lipinski definition) is 11. The van der Waals surface area contributed by atoms with Crippen molar-refractivity contribution >= 4 is 0 Å². The van der Waals surface area contributed by atoms with Crippen molar-refractivity contribution in [2.75, 3.05) is 34.0 Å². The quantitative estimate of drug-likeness (QED) is 0.138. The normalized spacial score (nSPS) is 20.9. The van der Waals surface area contributed by atoms with Gasteiger partial charge in [-0.2, -0.15) is 0 Å². The molecule has 12 heteroatoms. The monoisotopic (exact) mass is 664 g/mol. The van der Waals surface area contributed by atoms with Gasteiger partial charge in [-0.25, -0.2) is 0 Å². The minimum Gasteiger partial charge on any atom is -0.497 e. The predicted molar refractivity (Wildman–Crippen MR) is 176 cm³/mol. The van der Waals surface area contributed by atoms with Crippen LogP contribution in [-0.2, 0) is 22.5 Å². The molecule has 3 aromatic carbocycles. The summed E-state index contributed by atoms with van der Waals surface area (Å²) in [5.74, 6) is 2.03. The van der Waals surface area contributed by atoms with Crippen LogP contribution in [0.1, 0.15) is 36.6 Å². The lowest BCUT2D eigenvalue weighted by Crippen LogP contribution is -2.60. The first-order valence-electron chi connectivity index (χ1n) is 15.9. The van der Waals surface area contributed by atoms with E-state index in [2.05, 4.69) is 0 Å². The first-order valence-corrected chi connectivity index (χ1v) is 15.9. The van der Waals surface area contributed by atoms with Gasteiger partial charge >= 0.3 is 0 Å². The first kappa shape index (κ1) is 35.1. The van der Waals surface area contributed by atoms with Gasteiger partial charge in [0.25, 0.3) is 0 Å². The Morgan fingerprint density at radius 2 is 1.58 bits per heavy atom. The van der Waals surface area contributed by atoms with Crippen LogP contribution in [0.5, 0.6) is 23.1 Å². The van der Waals surface area contributed by atoms with E-state index in [0.29, 0.717) is 49.1 Å². The summed E-state index contributed by atoms with van der Waals surface area (Å²) in [4.78, 5) is 0. The van der Waals surface area contributed by atoms with Gasteiger partial charge in [0.15, 0.2) is 0 Å². The largest absolute Gasteiger partial charge is 0.497 e. The van der Waals surface area contributed by atoms with Crippen LogP contribution in [0.25, 0.3) is 11.3 Å². The molecular formula is C36H44N2O10.